The van der Waals surface area contributed by atoms with Crippen LogP contribution in [0.15, 0.2) is 54.9 Å². The van der Waals surface area contributed by atoms with Gasteiger partial charge in [0.1, 0.15) is 11.0 Å². The van der Waals surface area contributed by atoms with E-state index in [4.69, 9.17) is 0 Å². The minimum absolute atomic E-state index is 0.914. The van der Waals surface area contributed by atoms with E-state index in [0.29, 0.717) is 0 Å². The second-order valence-corrected chi connectivity index (χ2v) is 4.16. The van der Waals surface area contributed by atoms with Crippen LogP contribution in [0.5, 0.6) is 0 Å². The fraction of sp³-hybridized carbons (Fsp3) is 0.188. The van der Waals surface area contributed by atoms with Crippen LogP contribution in [0.1, 0.15) is 13.8 Å². The van der Waals surface area contributed by atoms with Crippen molar-refractivity contribution in [2.75, 3.05) is 0 Å². The first-order chi connectivity index (χ1) is 10.3. The lowest BCUT2D eigenvalue weighted by molar-refractivity contribution is 0.948. The first-order valence-corrected chi connectivity index (χ1v) is 6.96. The van der Waals surface area contributed by atoms with Crippen molar-refractivity contribution in [1.29, 1.82) is 0 Å². The summed E-state index contributed by atoms with van der Waals surface area (Å²) in [5.74, 6) is 0. The Kier molecular flexibility index (Phi) is 5.04. The van der Waals surface area contributed by atoms with E-state index in [1.807, 2.05) is 74.3 Å². The Morgan fingerprint density at radius 2 is 1.33 bits per heavy atom. The van der Waals surface area contributed by atoms with Crippen LogP contribution in [0.4, 0.5) is 0 Å². The van der Waals surface area contributed by atoms with Crippen LogP contribution < -0.4 is 0 Å². The number of H-pyrrole nitrogens is 1. The zero-order valence-corrected chi connectivity index (χ0v) is 12.5. The summed E-state index contributed by atoms with van der Waals surface area (Å²) in [6.45, 7) is 4.00. The van der Waals surface area contributed by atoms with Crippen LogP contribution in [0.3, 0.4) is 0 Å². The number of benzene rings is 2. The molecular weight excluding hydrogens is 262 g/mol. The van der Waals surface area contributed by atoms with Gasteiger partial charge in [-0.1, -0.05) is 38.1 Å². The average Bonchev–Trinajstić information content (AvgIpc) is 3.17. The van der Waals surface area contributed by atoms with Crippen LogP contribution >= 0.6 is 0 Å². The molecule has 4 aromatic rings. The van der Waals surface area contributed by atoms with E-state index in [-0.39, 0.29) is 0 Å². The minimum Gasteiger partial charge on any atom is -0.334 e. The lowest BCUT2D eigenvalue weighted by Gasteiger charge is -1.90. The molecule has 0 saturated heterocycles. The van der Waals surface area contributed by atoms with Crippen molar-refractivity contribution >= 4 is 22.1 Å². The van der Waals surface area contributed by atoms with Gasteiger partial charge < -0.3 is 4.57 Å². The molecule has 108 valence electrons. The molecule has 1 N–H and O–H groups in total. The topological polar surface area (TPSA) is 59.4 Å². The van der Waals surface area contributed by atoms with Crippen molar-refractivity contribution in [3.63, 3.8) is 0 Å². The summed E-state index contributed by atoms with van der Waals surface area (Å²) in [5.41, 5.74) is 4.07. The maximum absolute atomic E-state index is 4.18. The van der Waals surface area contributed by atoms with Gasteiger partial charge in [-0.15, -0.1) is 0 Å². The smallest absolute Gasteiger partial charge is 0.112 e. The standard InChI is InChI=1S/C8H8N2.C6H5N3.C2H6/c1-10-6-9-7-4-2-3-5-8(7)10;1-2-4-6-5(3-1)7-9-8-6;1-2/h2-6H,1H3;1-4H,(H,7,8,9);1-2H3. The number of nitrogens with zero attached hydrogens (tertiary/aromatic N) is 4. The molecule has 2 heterocycles. The van der Waals surface area contributed by atoms with Gasteiger partial charge in [0.25, 0.3) is 0 Å². The Morgan fingerprint density at radius 3 is 1.90 bits per heavy atom. The molecule has 0 bridgehead atoms. The molecule has 0 amide bonds. The van der Waals surface area contributed by atoms with E-state index < -0.39 is 0 Å². The number of hydrogen-bond donors (Lipinski definition) is 1. The van der Waals surface area contributed by atoms with Crippen LogP contribution in [-0.4, -0.2) is 25.0 Å². The zero-order valence-electron chi connectivity index (χ0n) is 12.5. The molecule has 0 aliphatic heterocycles. The summed E-state index contributed by atoms with van der Waals surface area (Å²) in [7, 11) is 2.00. The third kappa shape index (κ3) is 3.45. The van der Waals surface area contributed by atoms with Crippen LogP contribution in [0.2, 0.25) is 0 Å². The number of aromatic amines is 1. The maximum Gasteiger partial charge on any atom is 0.112 e. The first kappa shape index (κ1) is 14.7. The van der Waals surface area contributed by atoms with Crippen molar-refractivity contribution in [2.24, 2.45) is 7.05 Å². The number of hydrogen-bond acceptors (Lipinski definition) is 3. The highest BCUT2D eigenvalue weighted by molar-refractivity contribution is 5.74. The fourth-order valence-electron chi connectivity index (χ4n) is 1.87. The normalized spacial score (nSPS) is 9.67. The Balaban J connectivity index is 0.000000138. The number of para-hydroxylation sites is 4. The average molecular weight is 281 g/mol. The quantitative estimate of drug-likeness (QED) is 0.536. The van der Waals surface area contributed by atoms with E-state index in [9.17, 15) is 0 Å². The summed E-state index contributed by atoms with van der Waals surface area (Å²) in [6.07, 6.45) is 1.82. The largest absolute Gasteiger partial charge is 0.334 e. The van der Waals surface area contributed by atoms with Crippen molar-refractivity contribution in [2.45, 2.75) is 13.8 Å². The van der Waals surface area contributed by atoms with Gasteiger partial charge in [-0.3, -0.25) is 0 Å². The number of aromatic nitrogens is 5. The van der Waals surface area contributed by atoms with E-state index in [2.05, 4.69) is 26.5 Å². The van der Waals surface area contributed by atoms with Crippen molar-refractivity contribution in [1.82, 2.24) is 25.0 Å². The van der Waals surface area contributed by atoms with Gasteiger partial charge in [0.2, 0.25) is 0 Å². The van der Waals surface area contributed by atoms with Gasteiger partial charge in [0.15, 0.2) is 0 Å². The maximum atomic E-state index is 4.18. The van der Waals surface area contributed by atoms with Crippen molar-refractivity contribution in [3.05, 3.63) is 54.9 Å². The predicted molar refractivity (Wildman–Crippen MR) is 86.0 cm³/mol. The van der Waals surface area contributed by atoms with Gasteiger partial charge in [0.05, 0.1) is 17.4 Å². The molecule has 0 radical (unpaired) electrons. The molecule has 2 aromatic heterocycles. The second kappa shape index (κ2) is 7.19. The number of fused-ring (bicyclic) bond motifs is 2. The SMILES string of the molecule is CC.Cn1cnc2ccccc21.c1ccc2n[nH]nc2c1. The van der Waals surface area contributed by atoms with E-state index in [1.165, 1.54) is 5.52 Å². The molecular formula is C16H19N5. The Labute approximate surface area is 123 Å². The molecule has 5 nitrogen and oxygen atoms in total. The van der Waals surface area contributed by atoms with Gasteiger partial charge in [-0.05, 0) is 24.3 Å². The molecule has 0 fully saturated rings. The molecule has 0 aliphatic rings. The molecule has 2 aromatic carbocycles. The predicted octanol–water partition coefficient (Wildman–Crippen LogP) is 3.56. The number of aryl methyl sites for hydroxylation is 1. The van der Waals surface area contributed by atoms with Gasteiger partial charge in [-0.25, -0.2) is 4.98 Å². The lowest BCUT2D eigenvalue weighted by Crippen LogP contribution is -1.81. The summed E-state index contributed by atoms with van der Waals surface area (Å²) in [4.78, 5) is 4.18. The highest BCUT2D eigenvalue weighted by Crippen LogP contribution is 2.08. The Morgan fingerprint density at radius 1 is 0.810 bits per heavy atom. The summed E-state index contributed by atoms with van der Waals surface area (Å²) >= 11 is 0. The molecule has 0 spiro atoms. The number of nitrogens with one attached hydrogen (secondary N) is 1. The molecule has 0 saturated carbocycles. The molecule has 5 heteroatoms. The molecule has 0 unspecified atom stereocenters. The van der Waals surface area contributed by atoms with Crippen LogP contribution in [-0.2, 0) is 7.05 Å². The molecule has 4 rings (SSSR count). The van der Waals surface area contributed by atoms with Crippen LogP contribution in [0.25, 0.3) is 22.1 Å². The summed E-state index contributed by atoms with van der Waals surface area (Å²) in [6, 6.07) is 15.8. The van der Waals surface area contributed by atoms with Crippen molar-refractivity contribution < 1.29 is 0 Å². The number of rotatable bonds is 0. The first-order valence-electron chi connectivity index (χ1n) is 6.96. The zero-order chi connectivity index (χ0) is 15.1. The van der Waals surface area contributed by atoms with Gasteiger partial charge in [0, 0.05) is 7.05 Å². The van der Waals surface area contributed by atoms with Crippen molar-refractivity contribution in [3.8, 4) is 0 Å². The minimum atomic E-state index is 0.914. The molecule has 21 heavy (non-hydrogen) atoms. The third-order valence-electron chi connectivity index (χ3n) is 2.85. The summed E-state index contributed by atoms with van der Waals surface area (Å²) < 4.78 is 2.01. The second-order valence-electron chi connectivity index (χ2n) is 4.16. The highest BCUT2D eigenvalue weighted by Gasteiger charge is 1.94. The molecule has 0 aliphatic carbocycles. The molecule has 0 atom stereocenters. The van der Waals surface area contributed by atoms with Gasteiger partial charge in [-0.2, -0.15) is 15.4 Å². The fourth-order valence-corrected chi connectivity index (χ4v) is 1.87. The van der Waals surface area contributed by atoms with E-state index in [0.717, 1.165) is 16.6 Å². The Bertz CT molecular complexity index is 770. The van der Waals surface area contributed by atoms with E-state index in [1.54, 1.807) is 0 Å². The summed E-state index contributed by atoms with van der Waals surface area (Å²) in [5, 5.41) is 10.3. The Hall–Kier alpha value is -2.69. The lowest BCUT2D eigenvalue weighted by atomic mass is 10.3. The van der Waals surface area contributed by atoms with Crippen LogP contribution in [0, 0.1) is 0 Å². The number of imidazole rings is 1. The van der Waals surface area contributed by atoms with Gasteiger partial charge >= 0.3 is 0 Å². The monoisotopic (exact) mass is 281 g/mol. The third-order valence-corrected chi connectivity index (χ3v) is 2.85. The van der Waals surface area contributed by atoms with E-state index >= 15 is 0 Å². The highest BCUT2D eigenvalue weighted by atomic mass is 15.3.